The van der Waals surface area contributed by atoms with E-state index < -0.39 is 0 Å². The molecule has 60 heavy (non-hydrogen) atoms. The van der Waals surface area contributed by atoms with Crippen molar-refractivity contribution in [3.05, 3.63) is 224 Å². The molecule has 12 aromatic rings. The fourth-order valence-corrected chi connectivity index (χ4v) is 10.4. The summed E-state index contributed by atoms with van der Waals surface area (Å²) >= 11 is 1.88. The summed E-state index contributed by atoms with van der Waals surface area (Å²) in [5.74, 6) is 0. The van der Waals surface area contributed by atoms with Gasteiger partial charge in [-0.15, -0.1) is 11.3 Å². The Bertz CT molecular complexity index is 3600. The molecular weight excluding hydrogens is 743 g/mol. The summed E-state index contributed by atoms with van der Waals surface area (Å²) in [4.78, 5) is 2.39. The summed E-state index contributed by atoms with van der Waals surface area (Å²) in [6.07, 6.45) is 0. The molecule has 0 fully saturated rings. The topological polar surface area (TPSA) is 3.24 Å². The lowest BCUT2D eigenvalue weighted by atomic mass is 9.96. The number of thiophene rings is 1. The van der Waals surface area contributed by atoms with E-state index in [1.54, 1.807) is 0 Å². The second-order valence-electron chi connectivity index (χ2n) is 15.7. The molecule has 11 aromatic carbocycles. The largest absolute Gasteiger partial charge is 0.310 e. The van der Waals surface area contributed by atoms with Crippen molar-refractivity contribution in [3.63, 3.8) is 0 Å². The molecule has 0 aliphatic carbocycles. The zero-order valence-corrected chi connectivity index (χ0v) is 33.5. The van der Waals surface area contributed by atoms with Gasteiger partial charge in [0, 0.05) is 37.2 Å². The Morgan fingerprint density at radius 3 is 1.38 bits per heavy atom. The summed E-state index contributed by atoms with van der Waals surface area (Å²) in [6.45, 7) is 0. The highest BCUT2D eigenvalue weighted by Crippen LogP contribution is 2.43. The van der Waals surface area contributed by atoms with E-state index in [2.05, 4.69) is 229 Å². The number of benzene rings is 11. The molecule has 1 heterocycles. The van der Waals surface area contributed by atoms with Gasteiger partial charge in [-0.05, 0) is 131 Å². The first-order valence-electron chi connectivity index (χ1n) is 20.6. The van der Waals surface area contributed by atoms with Gasteiger partial charge in [0.05, 0.1) is 0 Å². The minimum absolute atomic E-state index is 1.10. The molecule has 0 saturated carbocycles. The van der Waals surface area contributed by atoms with Crippen LogP contribution in [0.3, 0.4) is 0 Å². The van der Waals surface area contributed by atoms with E-state index in [4.69, 9.17) is 0 Å². The minimum Gasteiger partial charge on any atom is -0.310 e. The number of hydrogen-bond donors (Lipinski definition) is 0. The highest BCUT2D eigenvalue weighted by Gasteiger charge is 2.16. The molecule has 0 spiro atoms. The van der Waals surface area contributed by atoms with Crippen molar-refractivity contribution >= 4 is 91.7 Å². The second kappa shape index (κ2) is 14.1. The van der Waals surface area contributed by atoms with Crippen molar-refractivity contribution in [2.45, 2.75) is 0 Å². The Morgan fingerprint density at radius 1 is 0.267 bits per heavy atom. The van der Waals surface area contributed by atoms with E-state index in [-0.39, 0.29) is 0 Å². The Balaban J connectivity index is 0.967. The van der Waals surface area contributed by atoms with Crippen molar-refractivity contribution in [3.8, 4) is 33.4 Å². The molecule has 0 bridgehead atoms. The normalized spacial score (nSPS) is 11.7. The van der Waals surface area contributed by atoms with Gasteiger partial charge < -0.3 is 4.90 Å². The van der Waals surface area contributed by atoms with E-state index in [0.29, 0.717) is 0 Å². The maximum absolute atomic E-state index is 2.39. The maximum Gasteiger partial charge on any atom is 0.0467 e. The van der Waals surface area contributed by atoms with Crippen LogP contribution in [0.1, 0.15) is 0 Å². The zero-order chi connectivity index (χ0) is 39.6. The number of anilines is 3. The lowest BCUT2D eigenvalue weighted by molar-refractivity contribution is 1.28. The molecule has 0 aliphatic heterocycles. The Morgan fingerprint density at radius 2 is 0.733 bits per heavy atom. The first-order valence-corrected chi connectivity index (χ1v) is 21.4. The Labute approximate surface area is 352 Å². The van der Waals surface area contributed by atoms with Crippen LogP contribution in [0.25, 0.3) is 96.6 Å². The van der Waals surface area contributed by atoms with Gasteiger partial charge >= 0.3 is 0 Å². The third-order valence-corrected chi connectivity index (χ3v) is 13.5. The van der Waals surface area contributed by atoms with Crippen LogP contribution in [0.5, 0.6) is 0 Å². The lowest BCUT2D eigenvalue weighted by Gasteiger charge is -2.26. The molecule has 0 radical (unpaired) electrons. The maximum atomic E-state index is 2.39. The van der Waals surface area contributed by atoms with E-state index in [1.807, 2.05) is 11.3 Å². The van der Waals surface area contributed by atoms with Gasteiger partial charge in [-0.2, -0.15) is 0 Å². The molecule has 280 valence electrons. The van der Waals surface area contributed by atoms with Crippen LogP contribution in [0.15, 0.2) is 224 Å². The molecule has 0 atom stereocenters. The van der Waals surface area contributed by atoms with Gasteiger partial charge in [0.2, 0.25) is 0 Å². The van der Waals surface area contributed by atoms with E-state index >= 15 is 0 Å². The van der Waals surface area contributed by atoms with Crippen LogP contribution in [-0.4, -0.2) is 0 Å². The number of hydrogen-bond acceptors (Lipinski definition) is 2. The molecule has 1 aromatic heterocycles. The van der Waals surface area contributed by atoms with Crippen LogP contribution in [0.4, 0.5) is 17.1 Å². The molecule has 1 nitrogen and oxygen atoms in total. The third-order valence-electron chi connectivity index (χ3n) is 12.2. The summed E-state index contributed by atoms with van der Waals surface area (Å²) in [6, 6.07) is 82.6. The first-order chi connectivity index (χ1) is 29.7. The van der Waals surface area contributed by atoms with Gasteiger partial charge in [0.1, 0.15) is 0 Å². The van der Waals surface area contributed by atoms with Crippen molar-refractivity contribution in [1.82, 2.24) is 0 Å². The summed E-state index contributed by atoms with van der Waals surface area (Å²) < 4.78 is 2.65. The quantitative estimate of drug-likeness (QED) is 0.152. The monoisotopic (exact) mass is 779 g/mol. The van der Waals surface area contributed by atoms with Crippen LogP contribution >= 0.6 is 11.3 Å². The third kappa shape index (κ3) is 5.84. The molecular formula is C58H37NS. The summed E-state index contributed by atoms with van der Waals surface area (Å²) in [7, 11) is 0. The van der Waals surface area contributed by atoms with Crippen LogP contribution in [-0.2, 0) is 0 Å². The first kappa shape index (κ1) is 34.5. The van der Waals surface area contributed by atoms with Gasteiger partial charge in [-0.25, -0.2) is 0 Å². The second-order valence-corrected chi connectivity index (χ2v) is 16.8. The molecule has 0 saturated heterocycles. The minimum atomic E-state index is 1.10. The van der Waals surface area contributed by atoms with Gasteiger partial charge in [0.25, 0.3) is 0 Å². The van der Waals surface area contributed by atoms with Crippen molar-refractivity contribution < 1.29 is 0 Å². The van der Waals surface area contributed by atoms with Crippen molar-refractivity contribution in [2.75, 3.05) is 4.90 Å². The number of rotatable bonds is 6. The van der Waals surface area contributed by atoms with Gasteiger partial charge in [0.15, 0.2) is 0 Å². The fraction of sp³-hybridized carbons (Fsp3) is 0. The highest BCUT2D eigenvalue weighted by atomic mass is 32.1. The predicted octanol–water partition coefficient (Wildman–Crippen LogP) is 17.1. The summed E-state index contributed by atoms with van der Waals surface area (Å²) in [5, 5.41) is 12.8. The number of fused-ring (bicyclic) bond motifs is 9. The smallest absolute Gasteiger partial charge is 0.0467 e. The summed E-state index contributed by atoms with van der Waals surface area (Å²) in [5.41, 5.74) is 10.6. The zero-order valence-electron chi connectivity index (χ0n) is 32.7. The van der Waals surface area contributed by atoms with Crippen molar-refractivity contribution in [1.29, 1.82) is 0 Å². The van der Waals surface area contributed by atoms with E-state index in [0.717, 1.165) is 17.1 Å². The van der Waals surface area contributed by atoms with Gasteiger partial charge in [-0.3, -0.25) is 0 Å². The molecule has 0 N–H and O–H groups in total. The van der Waals surface area contributed by atoms with Crippen LogP contribution in [0, 0.1) is 0 Å². The van der Waals surface area contributed by atoms with Gasteiger partial charge in [-0.1, -0.05) is 170 Å². The predicted molar refractivity (Wildman–Crippen MR) is 260 cm³/mol. The van der Waals surface area contributed by atoms with Crippen LogP contribution in [0.2, 0.25) is 0 Å². The standard InChI is InChI=1S/C58H37NS/c1-3-13-50-39(9-1)19-21-42-23-25-45(36-55(42)50)38-27-31-47(32-28-38)59(48-33-29-41(30-34-48)52-16-8-17-54-53-15-5-6-18-57(53)60-58(52)54)49-12-7-11-44(35-49)46-26-24-43-22-20-40-10-2-4-14-51(40)56(43)37-46/h1-37H. The lowest BCUT2D eigenvalue weighted by Crippen LogP contribution is -2.10. The fourth-order valence-electron chi connectivity index (χ4n) is 9.20. The Kier molecular flexibility index (Phi) is 8.11. The van der Waals surface area contributed by atoms with E-state index in [1.165, 1.54) is 96.6 Å². The molecule has 12 rings (SSSR count). The van der Waals surface area contributed by atoms with E-state index in [9.17, 15) is 0 Å². The SMILES string of the molecule is c1cc(-c2ccc3ccc4ccccc4c3c2)cc(N(c2ccc(-c3ccc4ccc5ccccc5c4c3)cc2)c2ccc(-c3cccc4c3sc3ccccc34)cc2)c1. The molecule has 0 aliphatic rings. The molecule has 0 amide bonds. The highest BCUT2D eigenvalue weighted by molar-refractivity contribution is 7.26. The number of nitrogens with zero attached hydrogens (tertiary/aromatic N) is 1. The molecule has 0 unspecified atom stereocenters. The Hall–Kier alpha value is -7.52. The van der Waals surface area contributed by atoms with Crippen molar-refractivity contribution in [2.24, 2.45) is 0 Å². The average Bonchev–Trinajstić information content (AvgIpc) is 3.71. The average molecular weight is 780 g/mol. The van der Waals surface area contributed by atoms with Crippen LogP contribution < -0.4 is 4.90 Å². The molecule has 2 heteroatoms.